The Balaban J connectivity index is 2.33. The summed E-state index contributed by atoms with van der Waals surface area (Å²) in [6, 6.07) is 5.16. The zero-order valence-electron chi connectivity index (χ0n) is 8.92. The van der Waals surface area contributed by atoms with E-state index in [-0.39, 0.29) is 11.2 Å². The Bertz CT molecular complexity index is 361. The fourth-order valence-corrected chi connectivity index (χ4v) is 1.97. The molecule has 0 amide bonds. The molecule has 15 heavy (non-hydrogen) atoms. The van der Waals surface area contributed by atoms with Crippen molar-refractivity contribution in [1.29, 1.82) is 0 Å². The highest BCUT2D eigenvalue weighted by Gasteiger charge is 2.44. The van der Waals surface area contributed by atoms with E-state index < -0.39 is 0 Å². The summed E-state index contributed by atoms with van der Waals surface area (Å²) in [7, 11) is 1.64. The predicted octanol–water partition coefficient (Wildman–Crippen LogP) is 1.96. The highest BCUT2D eigenvalue weighted by Crippen LogP contribution is 2.48. The largest absolute Gasteiger partial charge is 0.380 e. The summed E-state index contributed by atoms with van der Waals surface area (Å²) < 4.78 is 18.7. The minimum Gasteiger partial charge on any atom is -0.380 e. The van der Waals surface area contributed by atoms with Crippen LogP contribution in [0.4, 0.5) is 4.39 Å². The second kappa shape index (κ2) is 3.91. The molecule has 0 bridgehead atoms. The van der Waals surface area contributed by atoms with Crippen molar-refractivity contribution in [1.82, 2.24) is 0 Å². The molecule has 0 spiro atoms. The van der Waals surface area contributed by atoms with Gasteiger partial charge in [0.2, 0.25) is 0 Å². The Morgan fingerprint density at radius 3 is 2.73 bits per heavy atom. The number of halogens is 1. The third-order valence-electron chi connectivity index (χ3n) is 3.16. The maximum Gasteiger partial charge on any atom is 0.127 e. The molecule has 0 unspecified atom stereocenters. The fourth-order valence-electron chi connectivity index (χ4n) is 1.97. The Morgan fingerprint density at radius 1 is 1.47 bits per heavy atom. The Kier molecular flexibility index (Phi) is 2.76. The number of methoxy groups -OCH3 is 1. The van der Waals surface area contributed by atoms with E-state index in [0.29, 0.717) is 13.2 Å². The Hall–Kier alpha value is -0.930. The van der Waals surface area contributed by atoms with Crippen LogP contribution in [0.15, 0.2) is 18.2 Å². The van der Waals surface area contributed by atoms with Crippen LogP contribution in [0.2, 0.25) is 0 Å². The Labute approximate surface area is 89.2 Å². The van der Waals surface area contributed by atoms with Crippen molar-refractivity contribution in [3.05, 3.63) is 35.1 Å². The van der Waals surface area contributed by atoms with E-state index in [1.54, 1.807) is 13.2 Å². The monoisotopic (exact) mass is 209 g/mol. The molecule has 0 atom stereocenters. The number of ether oxygens (including phenoxy) is 1. The van der Waals surface area contributed by atoms with Crippen LogP contribution in [0.3, 0.4) is 0 Å². The van der Waals surface area contributed by atoms with Gasteiger partial charge in [-0.15, -0.1) is 0 Å². The fraction of sp³-hybridized carbons (Fsp3) is 0.500. The maximum atomic E-state index is 13.6. The van der Waals surface area contributed by atoms with E-state index in [1.165, 1.54) is 6.07 Å². The molecule has 2 rings (SSSR count). The van der Waals surface area contributed by atoms with Crippen LogP contribution < -0.4 is 5.73 Å². The summed E-state index contributed by atoms with van der Waals surface area (Å²) in [6.07, 6.45) is 1.99. The van der Waals surface area contributed by atoms with Gasteiger partial charge >= 0.3 is 0 Å². The topological polar surface area (TPSA) is 35.2 Å². The van der Waals surface area contributed by atoms with E-state index in [2.05, 4.69) is 0 Å². The van der Waals surface area contributed by atoms with Crippen molar-refractivity contribution in [2.24, 2.45) is 5.73 Å². The van der Waals surface area contributed by atoms with Gasteiger partial charge < -0.3 is 10.5 Å². The molecule has 2 nitrogen and oxygen atoms in total. The predicted molar refractivity (Wildman–Crippen MR) is 57.1 cm³/mol. The van der Waals surface area contributed by atoms with Gasteiger partial charge in [0.1, 0.15) is 5.82 Å². The third-order valence-corrected chi connectivity index (χ3v) is 3.16. The van der Waals surface area contributed by atoms with Crippen molar-refractivity contribution < 1.29 is 9.13 Å². The van der Waals surface area contributed by atoms with E-state index in [9.17, 15) is 4.39 Å². The van der Waals surface area contributed by atoms with E-state index in [0.717, 1.165) is 24.0 Å². The number of rotatable bonds is 4. The van der Waals surface area contributed by atoms with Gasteiger partial charge in [-0.1, -0.05) is 6.07 Å². The van der Waals surface area contributed by atoms with Crippen LogP contribution in [-0.4, -0.2) is 13.7 Å². The van der Waals surface area contributed by atoms with Gasteiger partial charge in [-0.2, -0.15) is 0 Å². The summed E-state index contributed by atoms with van der Waals surface area (Å²) in [6.45, 7) is 1.05. The molecule has 0 saturated heterocycles. The molecule has 0 aromatic heterocycles. The second-order valence-electron chi connectivity index (χ2n) is 4.23. The second-order valence-corrected chi connectivity index (χ2v) is 4.23. The first-order valence-electron chi connectivity index (χ1n) is 5.20. The molecule has 0 aliphatic heterocycles. The molecule has 1 aromatic carbocycles. The average Bonchev–Trinajstić information content (AvgIpc) is 3.02. The van der Waals surface area contributed by atoms with Gasteiger partial charge in [-0.3, -0.25) is 0 Å². The van der Waals surface area contributed by atoms with Crippen LogP contribution in [0.5, 0.6) is 0 Å². The van der Waals surface area contributed by atoms with E-state index in [4.69, 9.17) is 10.5 Å². The zero-order chi connectivity index (χ0) is 10.9. The minimum atomic E-state index is -0.141. The first kappa shape index (κ1) is 10.6. The minimum absolute atomic E-state index is 0.0894. The molecule has 3 heteroatoms. The summed E-state index contributed by atoms with van der Waals surface area (Å²) in [5, 5.41) is 0. The van der Waals surface area contributed by atoms with Crippen molar-refractivity contribution >= 4 is 0 Å². The van der Waals surface area contributed by atoms with E-state index in [1.807, 2.05) is 6.07 Å². The smallest absolute Gasteiger partial charge is 0.127 e. The van der Waals surface area contributed by atoms with Gasteiger partial charge in [-0.05, 0) is 36.1 Å². The summed E-state index contributed by atoms with van der Waals surface area (Å²) >= 11 is 0. The van der Waals surface area contributed by atoms with Crippen LogP contribution in [-0.2, 0) is 16.8 Å². The quantitative estimate of drug-likeness (QED) is 0.822. The average molecular weight is 209 g/mol. The SMILES string of the molecule is COCc1ccc(F)c(C2(CN)CC2)c1. The van der Waals surface area contributed by atoms with Gasteiger partial charge in [0.25, 0.3) is 0 Å². The molecule has 0 heterocycles. The molecule has 2 N–H and O–H groups in total. The van der Waals surface area contributed by atoms with Crippen LogP contribution in [0.25, 0.3) is 0 Å². The summed E-state index contributed by atoms with van der Waals surface area (Å²) in [5.41, 5.74) is 7.38. The lowest BCUT2D eigenvalue weighted by atomic mass is 9.94. The van der Waals surface area contributed by atoms with Crippen LogP contribution in [0, 0.1) is 5.82 Å². The number of hydrogen-bond acceptors (Lipinski definition) is 2. The standard InChI is InChI=1S/C12H16FNO/c1-15-7-9-2-3-11(13)10(6-9)12(8-14)4-5-12/h2-3,6H,4-5,7-8,14H2,1H3. The molecule has 1 aromatic rings. The van der Waals surface area contributed by atoms with Crippen molar-refractivity contribution in [2.45, 2.75) is 24.9 Å². The third kappa shape index (κ3) is 1.90. The molecule has 1 fully saturated rings. The molecule has 1 aliphatic carbocycles. The summed E-state index contributed by atoms with van der Waals surface area (Å²) in [5.74, 6) is -0.141. The normalized spacial score (nSPS) is 17.8. The lowest BCUT2D eigenvalue weighted by Crippen LogP contribution is -2.21. The lowest BCUT2D eigenvalue weighted by Gasteiger charge is -2.15. The van der Waals surface area contributed by atoms with Crippen molar-refractivity contribution in [3.63, 3.8) is 0 Å². The highest BCUT2D eigenvalue weighted by atomic mass is 19.1. The highest BCUT2D eigenvalue weighted by molar-refractivity contribution is 5.36. The number of benzene rings is 1. The first-order chi connectivity index (χ1) is 7.22. The van der Waals surface area contributed by atoms with Crippen molar-refractivity contribution in [3.8, 4) is 0 Å². The van der Waals surface area contributed by atoms with E-state index >= 15 is 0 Å². The van der Waals surface area contributed by atoms with Crippen LogP contribution in [0.1, 0.15) is 24.0 Å². The molecule has 82 valence electrons. The first-order valence-corrected chi connectivity index (χ1v) is 5.20. The number of nitrogens with two attached hydrogens (primary N) is 1. The number of hydrogen-bond donors (Lipinski definition) is 1. The Morgan fingerprint density at radius 2 is 2.20 bits per heavy atom. The summed E-state index contributed by atoms with van der Waals surface area (Å²) in [4.78, 5) is 0. The molecular weight excluding hydrogens is 193 g/mol. The molecular formula is C12H16FNO. The van der Waals surface area contributed by atoms with Gasteiger partial charge in [0, 0.05) is 19.1 Å². The van der Waals surface area contributed by atoms with Gasteiger partial charge in [0.15, 0.2) is 0 Å². The maximum absolute atomic E-state index is 13.6. The van der Waals surface area contributed by atoms with Crippen molar-refractivity contribution in [2.75, 3.05) is 13.7 Å². The van der Waals surface area contributed by atoms with Crippen LogP contribution >= 0.6 is 0 Å². The molecule has 1 saturated carbocycles. The molecule has 1 aliphatic rings. The van der Waals surface area contributed by atoms with Gasteiger partial charge in [0.05, 0.1) is 6.61 Å². The molecule has 0 radical (unpaired) electrons. The lowest BCUT2D eigenvalue weighted by molar-refractivity contribution is 0.184. The van der Waals surface area contributed by atoms with Gasteiger partial charge in [-0.25, -0.2) is 4.39 Å². The zero-order valence-corrected chi connectivity index (χ0v) is 8.92.